The van der Waals surface area contributed by atoms with Gasteiger partial charge in [0.05, 0.1) is 26.9 Å². The Morgan fingerprint density at radius 3 is 2.30 bits per heavy atom. The summed E-state index contributed by atoms with van der Waals surface area (Å²) in [5, 5.41) is 11.1. The van der Waals surface area contributed by atoms with Gasteiger partial charge < -0.3 is 29.0 Å². The number of methoxy groups -OCH3 is 1. The molecule has 1 aromatic heterocycles. The predicted octanol–water partition coefficient (Wildman–Crippen LogP) is 5.91. The van der Waals surface area contributed by atoms with E-state index in [0.717, 1.165) is 42.7 Å². The molecule has 0 atom stereocenters. The Hall–Kier alpha value is -4.28. The summed E-state index contributed by atoms with van der Waals surface area (Å²) in [6.07, 6.45) is 3.78. The molecule has 1 N–H and O–H groups in total. The van der Waals surface area contributed by atoms with Gasteiger partial charge >= 0.3 is 12.1 Å². The van der Waals surface area contributed by atoms with Gasteiger partial charge in [-0.2, -0.15) is 0 Å². The van der Waals surface area contributed by atoms with Crippen molar-refractivity contribution in [1.29, 1.82) is 0 Å². The van der Waals surface area contributed by atoms with Crippen molar-refractivity contribution in [2.24, 2.45) is 0 Å². The van der Waals surface area contributed by atoms with Gasteiger partial charge in [0.1, 0.15) is 23.2 Å². The molecular weight excluding hydrogens is 564 g/mol. The van der Waals surface area contributed by atoms with Crippen molar-refractivity contribution in [2.75, 3.05) is 26.9 Å². The van der Waals surface area contributed by atoms with Gasteiger partial charge in [0.15, 0.2) is 0 Å². The molecule has 0 saturated heterocycles. The third-order valence-electron chi connectivity index (χ3n) is 7.21. The lowest BCUT2D eigenvalue weighted by molar-refractivity contribution is 0.0502. The standard InChI is InChI=1S/C33H44N4O7/c1-6-41-31(38)29-30(37(36-35-29)22-23-8-14-26(40-5)15-9-23)43-28-18-12-25(13-19-28)24-10-16-27(17-11-24)42-21-7-20-34-32(39)44-33(2,3)4/h8-11,14-17,25,28H,6-7,12-13,18-22H2,1-5H3,(H,34,39). The van der Waals surface area contributed by atoms with Crippen LogP contribution < -0.4 is 19.5 Å². The van der Waals surface area contributed by atoms with E-state index >= 15 is 0 Å². The minimum Gasteiger partial charge on any atom is -0.497 e. The Morgan fingerprint density at radius 1 is 0.977 bits per heavy atom. The zero-order valence-corrected chi connectivity index (χ0v) is 26.3. The summed E-state index contributed by atoms with van der Waals surface area (Å²) in [5.41, 5.74) is 1.82. The first kappa shape index (κ1) is 32.6. The highest BCUT2D eigenvalue weighted by Gasteiger charge is 2.29. The average molecular weight is 609 g/mol. The van der Waals surface area contributed by atoms with Crippen molar-refractivity contribution in [2.45, 2.75) is 84.0 Å². The molecule has 1 saturated carbocycles. The average Bonchev–Trinajstić information content (AvgIpc) is 3.39. The van der Waals surface area contributed by atoms with E-state index in [-0.39, 0.29) is 18.4 Å². The minimum absolute atomic E-state index is 0.0653. The summed E-state index contributed by atoms with van der Waals surface area (Å²) in [6.45, 7) is 8.88. The van der Waals surface area contributed by atoms with Crippen LogP contribution in [0.2, 0.25) is 0 Å². The van der Waals surface area contributed by atoms with E-state index in [1.807, 2.05) is 57.2 Å². The van der Waals surface area contributed by atoms with Gasteiger partial charge in [0, 0.05) is 6.54 Å². The maximum atomic E-state index is 12.6. The fourth-order valence-corrected chi connectivity index (χ4v) is 5.03. The predicted molar refractivity (Wildman–Crippen MR) is 164 cm³/mol. The molecule has 0 unspecified atom stereocenters. The fraction of sp³-hybridized carbons (Fsp3) is 0.515. The number of nitrogens with zero attached hydrogens (tertiary/aromatic N) is 3. The molecule has 2 aromatic carbocycles. The molecular formula is C33H44N4O7. The van der Waals surface area contributed by atoms with E-state index in [0.29, 0.717) is 37.9 Å². The second-order valence-electron chi connectivity index (χ2n) is 11.8. The van der Waals surface area contributed by atoms with Gasteiger partial charge in [-0.25, -0.2) is 14.3 Å². The second kappa shape index (κ2) is 15.4. The Bertz CT molecular complexity index is 1340. The maximum Gasteiger partial charge on any atom is 0.407 e. The van der Waals surface area contributed by atoms with Crippen LogP contribution in [-0.4, -0.2) is 65.6 Å². The summed E-state index contributed by atoms with van der Waals surface area (Å²) in [7, 11) is 1.63. The van der Waals surface area contributed by atoms with Crippen LogP contribution in [0.15, 0.2) is 48.5 Å². The first-order chi connectivity index (χ1) is 21.1. The molecule has 3 aromatic rings. The monoisotopic (exact) mass is 608 g/mol. The summed E-state index contributed by atoms with van der Waals surface area (Å²) in [6, 6.07) is 15.9. The van der Waals surface area contributed by atoms with Crippen molar-refractivity contribution < 1.29 is 33.3 Å². The van der Waals surface area contributed by atoms with E-state index in [1.54, 1.807) is 18.7 Å². The number of amides is 1. The zero-order chi connectivity index (χ0) is 31.5. The number of benzene rings is 2. The smallest absolute Gasteiger partial charge is 0.407 e. The molecule has 44 heavy (non-hydrogen) atoms. The van der Waals surface area contributed by atoms with E-state index in [4.69, 9.17) is 23.7 Å². The number of carbonyl (C=O) groups excluding carboxylic acids is 2. The highest BCUT2D eigenvalue weighted by molar-refractivity contribution is 5.89. The number of hydrogen-bond acceptors (Lipinski definition) is 9. The molecule has 0 bridgehead atoms. The normalized spacial score (nSPS) is 16.6. The second-order valence-corrected chi connectivity index (χ2v) is 11.8. The van der Waals surface area contributed by atoms with Crippen molar-refractivity contribution in [1.82, 2.24) is 20.3 Å². The number of rotatable bonds is 13. The van der Waals surface area contributed by atoms with Gasteiger partial charge in [0.2, 0.25) is 11.6 Å². The van der Waals surface area contributed by atoms with Crippen molar-refractivity contribution >= 4 is 12.1 Å². The van der Waals surface area contributed by atoms with Crippen LogP contribution in [-0.2, 0) is 16.0 Å². The van der Waals surface area contributed by atoms with Crippen molar-refractivity contribution in [3.8, 4) is 17.4 Å². The van der Waals surface area contributed by atoms with Gasteiger partial charge in [-0.3, -0.25) is 0 Å². The highest BCUT2D eigenvalue weighted by Crippen LogP contribution is 2.36. The van der Waals surface area contributed by atoms with E-state index in [1.165, 1.54) is 5.56 Å². The molecule has 1 aliphatic rings. The summed E-state index contributed by atoms with van der Waals surface area (Å²) >= 11 is 0. The van der Waals surface area contributed by atoms with Gasteiger partial charge in [-0.05, 0) is 101 Å². The number of nitrogens with one attached hydrogen (secondary N) is 1. The van der Waals surface area contributed by atoms with Crippen LogP contribution in [0.1, 0.15) is 87.3 Å². The van der Waals surface area contributed by atoms with Crippen LogP contribution in [0.25, 0.3) is 0 Å². The summed E-state index contributed by atoms with van der Waals surface area (Å²) < 4.78 is 29.6. The SMILES string of the molecule is CCOC(=O)c1nnn(Cc2ccc(OC)cc2)c1OC1CCC(c2ccc(OCCCNC(=O)OC(C)(C)C)cc2)CC1. The van der Waals surface area contributed by atoms with Crippen LogP contribution in [0.3, 0.4) is 0 Å². The van der Waals surface area contributed by atoms with E-state index in [2.05, 4.69) is 27.8 Å². The Kier molecular flexibility index (Phi) is 11.5. The molecule has 1 heterocycles. The molecule has 0 spiro atoms. The molecule has 0 radical (unpaired) electrons. The number of hydrogen-bond donors (Lipinski definition) is 1. The Morgan fingerprint density at radius 2 is 1.66 bits per heavy atom. The zero-order valence-electron chi connectivity index (χ0n) is 26.3. The topological polar surface area (TPSA) is 123 Å². The lowest BCUT2D eigenvalue weighted by Crippen LogP contribution is -2.33. The van der Waals surface area contributed by atoms with Gasteiger partial charge in [-0.15, -0.1) is 5.10 Å². The molecule has 4 rings (SSSR count). The summed E-state index contributed by atoms with van der Waals surface area (Å²) in [4.78, 5) is 24.4. The molecule has 0 aliphatic heterocycles. The lowest BCUT2D eigenvalue weighted by Gasteiger charge is -2.29. The quantitative estimate of drug-likeness (QED) is 0.186. The number of ether oxygens (including phenoxy) is 5. The Labute approximate surface area is 259 Å². The van der Waals surface area contributed by atoms with Crippen LogP contribution in [0, 0.1) is 0 Å². The first-order valence-corrected chi connectivity index (χ1v) is 15.2. The van der Waals surface area contributed by atoms with Gasteiger partial charge in [0.25, 0.3) is 0 Å². The van der Waals surface area contributed by atoms with Crippen LogP contribution in [0.4, 0.5) is 4.79 Å². The maximum absolute atomic E-state index is 12.6. The third-order valence-corrected chi connectivity index (χ3v) is 7.21. The van der Waals surface area contributed by atoms with Crippen LogP contribution >= 0.6 is 0 Å². The summed E-state index contributed by atoms with van der Waals surface area (Å²) in [5.74, 6) is 1.77. The molecule has 1 amide bonds. The number of aromatic nitrogens is 3. The van der Waals surface area contributed by atoms with Crippen molar-refractivity contribution in [3.63, 3.8) is 0 Å². The van der Waals surface area contributed by atoms with E-state index in [9.17, 15) is 9.59 Å². The molecule has 11 nitrogen and oxygen atoms in total. The largest absolute Gasteiger partial charge is 0.497 e. The minimum atomic E-state index is -0.543. The lowest BCUT2D eigenvalue weighted by atomic mass is 9.83. The molecule has 1 fully saturated rings. The highest BCUT2D eigenvalue weighted by atomic mass is 16.6. The van der Waals surface area contributed by atoms with Crippen molar-refractivity contribution in [3.05, 3.63) is 65.4 Å². The van der Waals surface area contributed by atoms with Crippen LogP contribution in [0.5, 0.6) is 17.4 Å². The third kappa shape index (κ3) is 9.62. The number of carbonyl (C=O) groups is 2. The first-order valence-electron chi connectivity index (χ1n) is 15.2. The van der Waals surface area contributed by atoms with E-state index < -0.39 is 17.7 Å². The van der Waals surface area contributed by atoms with Gasteiger partial charge in [-0.1, -0.05) is 29.5 Å². The molecule has 238 valence electrons. The number of esters is 1. The Balaban J connectivity index is 1.27. The molecule has 1 aliphatic carbocycles. The number of alkyl carbamates (subject to hydrolysis) is 1. The molecule has 11 heteroatoms. The fourth-order valence-electron chi connectivity index (χ4n) is 5.03.